The number of aromatic nitrogens is 3. The number of nitrogen functional groups attached to an aromatic ring is 1. The fraction of sp³-hybridized carbons (Fsp3) is 0.143. The van der Waals surface area contributed by atoms with E-state index in [1.54, 1.807) is 12.4 Å². The first-order valence-corrected chi connectivity index (χ1v) is 3.31. The summed E-state index contributed by atoms with van der Waals surface area (Å²) in [6.45, 7) is 0. The maximum atomic E-state index is 5.47. The smallest absolute Gasteiger partial charge is 0.179 e. The molecule has 0 aliphatic rings. The van der Waals surface area contributed by atoms with Gasteiger partial charge in [-0.1, -0.05) is 0 Å². The molecule has 0 saturated carbocycles. The molecule has 0 bridgehead atoms. The number of fused-ring (bicyclic) bond motifs is 1. The molecule has 0 amide bonds. The predicted molar refractivity (Wildman–Crippen MR) is 42.9 cm³/mol. The summed E-state index contributed by atoms with van der Waals surface area (Å²) >= 11 is 0. The van der Waals surface area contributed by atoms with Gasteiger partial charge in [-0.15, -0.1) is 0 Å². The third-order valence-corrected chi connectivity index (χ3v) is 1.61. The van der Waals surface area contributed by atoms with E-state index in [1.165, 1.54) is 0 Å². The number of rotatable bonds is 0. The molecule has 56 valence electrons. The number of nitrogens with zero attached hydrogens (tertiary/aromatic N) is 3. The minimum atomic E-state index is 0.510. The van der Waals surface area contributed by atoms with Crippen molar-refractivity contribution in [2.75, 3.05) is 5.73 Å². The van der Waals surface area contributed by atoms with Crippen molar-refractivity contribution >= 4 is 17.0 Å². The minimum absolute atomic E-state index is 0.510. The zero-order chi connectivity index (χ0) is 7.84. The Morgan fingerprint density at radius 1 is 1.45 bits per heavy atom. The topological polar surface area (TPSA) is 56.7 Å². The molecule has 2 aromatic heterocycles. The van der Waals surface area contributed by atoms with Crippen molar-refractivity contribution in [1.82, 2.24) is 14.5 Å². The van der Waals surface area contributed by atoms with Crippen LogP contribution in [0, 0.1) is 0 Å². The number of pyridine rings is 1. The van der Waals surface area contributed by atoms with E-state index >= 15 is 0 Å². The monoisotopic (exact) mass is 148 g/mol. The van der Waals surface area contributed by atoms with Crippen LogP contribution < -0.4 is 5.73 Å². The van der Waals surface area contributed by atoms with Gasteiger partial charge in [0, 0.05) is 7.05 Å². The van der Waals surface area contributed by atoms with Gasteiger partial charge in [-0.05, 0) is 12.1 Å². The van der Waals surface area contributed by atoms with Crippen LogP contribution in [0.2, 0.25) is 0 Å². The van der Waals surface area contributed by atoms with E-state index in [1.807, 2.05) is 17.7 Å². The van der Waals surface area contributed by atoms with Crippen LogP contribution in [-0.4, -0.2) is 14.5 Å². The van der Waals surface area contributed by atoms with E-state index < -0.39 is 0 Å². The van der Waals surface area contributed by atoms with Crippen LogP contribution in [0.15, 0.2) is 18.5 Å². The average Bonchev–Trinajstić information content (AvgIpc) is 2.32. The lowest BCUT2D eigenvalue weighted by Crippen LogP contribution is -1.90. The quantitative estimate of drug-likeness (QED) is 0.593. The SMILES string of the molecule is Cn1cnc2nc(N)ccc21. The largest absolute Gasteiger partial charge is 0.384 e. The first-order valence-electron chi connectivity index (χ1n) is 3.31. The van der Waals surface area contributed by atoms with Crippen LogP contribution in [0.25, 0.3) is 11.2 Å². The number of hydrogen-bond acceptors (Lipinski definition) is 3. The standard InChI is InChI=1S/C7H8N4/c1-11-4-9-7-5(11)2-3-6(8)10-7/h2-4H,1H3,(H2,8,10). The van der Waals surface area contributed by atoms with E-state index in [0.717, 1.165) is 5.52 Å². The summed E-state index contributed by atoms with van der Waals surface area (Å²) in [5.74, 6) is 0.510. The van der Waals surface area contributed by atoms with Gasteiger partial charge >= 0.3 is 0 Å². The lowest BCUT2D eigenvalue weighted by molar-refractivity contribution is 0.948. The molecule has 0 unspecified atom stereocenters. The van der Waals surface area contributed by atoms with Crippen molar-refractivity contribution in [1.29, 1.82) is 0 Å². The second kappa shape index (κ2) is 1.95. The third kappa shape index (κ3) is 0.832. The summed E-state index contributed by atoms with van der Waals surface area (Å²) in [6.07, 6.45) is 1.72. The van der Waals surface area contributed by atoms with Crippen LogP contribution in [-0.2, 0) is 7.05 Å². The first-order chi connectivity index (χ1) is 5.27. The summed E-state index contributed by atoms with van der Waals surface area (Å²) in [6, 6.07) is 3.68. The maximum Gasteiger partial charge on any atom is 0.179 e. The van der Waals surface area contributed by atoms with Crippen LogP contribution in [0.5, 0.6) is 0 Å². The summed E-state index contributed by atoms with van der Waals surface area (Å²) in [5.41, 5.74) is 7.17. The second-order valence-corrected chi connectivity index (χ2v) is 2.43. The third-order valence-electron chi connectivity index (χ3n) is 1.61. The van der Waals surface area contributed by atoms with E-state index in [2.05, 4.69) is 9.97 Å². The Morgan fingerprint density at radius 2 is 2.27 bits per heavy atom. The van der Waals surface area contributed by atoms with E-state index in [4.69, 9.17) is 5.73 Å². The Hall–Kier alpha value is -1.58. The molecule has 0 spiro atoms. The average molecular weight is 148 g/mol. The highest BCUT2D eigenvalue weighted by Crippen LogP contribution is 2.09. The molecular formula is C7H8N4. The van der Waals surface area contributed by atoms with Crippen molar-refractivity contribution in [3.8, 4) is 0 Å². The molecule has 0 atom stereocenters. The predicted octanol–water partition coefficient (Wildman–Crippen LogP) is 0.550. The molecule has 4 heteroatoms. The van der Waals surface area contributed by atoms with Gasteiger partial charge in [-0.3, -0.25) is 0 Å². The van der Waals surface area contributed by atoms with E-state index in [0.29, 0.717) is 11.5 Å². The number of imidazole rings is 1. The van der Waals surface area contributed by atoms with Crippen molar-refractivity contribution in [3.63, 3.8) is 0 Å². The second-order valence-electron chi connectivity index (χ2n) is 2.43. The molecule has 0 saturated heterocycles. The first kappa shape index (κ1) is 6.15. The zero-order valence-corrected chi connectivity index (χ0v) is 6.15. The fourth-order valence-corrected chi connectivity index (χ4v) is 1.03. The van der Waals surface area contributed by atoms with Crippen LogP contribution >= 0.6 is 0 Å². The molecule has 0 radical (unpaired) electrons. The van der Waals surface area contributed by atoms with Gasteiger partial charge in [-0.2, -0.15) is 0 Å². The minimum Gasteiger partial charge on any atom is -0.384 e. The summed E-state index contributed by atoms with van der Waals surface area (Å²) in [7, 11) is 1.92. The molecule has 2 aromatic rings. The highest BCUT2D eigenvalue weighted by Gasteiger charge is 1.98. The van der Waals surface area contributed by atoms with Crippen molar-refractivity contribution in [3.05, 3.63) is 18.5 Å². The molecule has 0 aliphatic heterocycles. The van der Waals surface area contributed by atoms with Crippen molar-refractivity contribution < 1.29 is 0 Å². The van der Waals surface area contributed by atoms with E-state index in [9.17, 15) is 0 Å². The van der Waals surface area contributed by atoms with Gasteiger partial charge in [0.2, 0.25) is 0 Å². The lowest BCUT2D eigenvalue weighted by atomic mass is 10.4. The van der Waals surface area contributed by atoms with E-state index in [-0.39, 0.29) is 0 Å². The summed E-state index contributed by atoms with van der Waals surface area (Å²) < 4.78 is 1.90. The molecule has 0 fully saturated rings. The normalized spacial score (nSPS) is 10.6. The van der Waals surface area contributed by atoms with Crippen molar-refractivity contribution in [2.24, 2.45) is 7.05 Å². The molecule has 2 N–H and O–H groups in total. The number of anilines is 1. The molecule has 2 rings (SSSR count). The number of aryl methyl sites for hydroxylation is 1. The highest BCUT2D eigenvalue weighted by atomic mass is 15.1. The van der Waals surface area contributed by atoms with Crippen molar-refractivity contribution in [2.45, 2.75) is 0 Å². The highest BCUT2D eigenvalue weighted by molar-refractivity contribution is 5.72. The molecular weight excluding hydrogens is 140 g/mol. The Bertz CT molecular complexity index is 390. The van der Waals surface area contributed by atoms with Gasteiger partial charge in [-0.25, -0.2) is 9.97 Å². The molecule has 4 nitrogen and oxygen atoms in total. The number of hydrogen-bond donors (Lipinski definition) is 1. The van der Waals surface area contributed by atoms with Crippen LogP contribution in [0.4, 0.5) is 5.82 Å². The Balaban J connectivity index is 2.86. The Kier molecular flexibility index (Phi) is 1.09. The Morgan fingerprint density at radius 3 is 3.09 bits per heavy atom. The fourth-order valence-electron chi connectivity index (χ4n) is 1.03. The van der Waals surface area contributed by atoms with Crippen LogP contribution in [0.1, 0.15) is 0 Å². The zero-order valence-electron chi connectivity index (χ0n) is 6.15. The molecule has 11 heavy (non-hydrogen) atoms. The molecule has 2 heterocycles. The lowest BCUT2D eigenvalue weighted by Gasteiger charge is -1.93. The maximum absolute atomic E-state index is 5.47. The van der Waals surface area contributed by atoms with Gasteiger partial charge < -0.3 is 10.3 Å². The summed E-state index contributed by atoms with van der Waals surface area (Å²) in [4.78, 5) is 8.09. The Labute approximate surface area is 63.7 Å². The molecule has 0 aliphatic carbocycles. The number of nitrogens with two attached hydrogens (primary N) is 1. The van der Waals surface area contributed by atoms with Gasteiger partial charge in [0.1, 0.15) is 5.82 Å². The van der Waals surface area contributed by atoms with Gasteiger partial charge in [0.05, 0.1) is 11.8 Å². The van der Waals surface area contributed by atoms with Crippen LogP contribution in [0.3, 0.4) is 0 Å². The molecule has 0 aromatic carbocycles. The van der Waals surface area contributed by atoms with Gasteiger partial charge in [0.15, 0.2) is 5.65 Å². The van der Waals surface area contributed by atoms with Gasteiger partial charge in [0.25, 0.3) is 0 Å². The summed E-state index contributed by atoms with van der Waals surface area (Å²) in [5, 5.41) is 0.